The van der Waals surface area contributed by atoms with Crippen LogP contribution in [0.15, 0.2) is 30.5 Å². The van der Waals surface area contributed by atoms with Crippen LogP contribution in [0.2, 0.25) is 0 Å². The van der Waals surface area contributed by atoms with Crippen LogP contribution in [0.1, 0.15) is 13.8 Å². The maximum absolute atomic E-state index is 13.8. The van der Waals surface area contributed by atoms with Gasteiger partial charge in [0, 0.05) is 33.5 Å². The summed E-state index contributed by atoms with van der Waals surface area (Å²) in [7, 11) is 0. The van der Waals surface area contributed by atoms with Gasteiger partial charge in [0.1, 0.15) is 11.6 Å². The van der Waals surface area contributed by atoms with Crippen LogP contribution in [0.25, 0.3) is 33.3 Å². The molecule has 2 aromatic heterocycles. The summed E-state index contributed by atoms with van der Waals surface area (Å²) in [6, 6.07) is 5.80. The van der Waals surface area contributed by atoms with Crippen LogP contribution in [0.5, 0.6) is 0 Å². The third-order valence-electron chi connectivity index (χ3n) is 3.55. The van der Waals surface area contributed by atoms with Gasteiger partial charge >= 0.3 is 0 Å². The van der Waals surface area contributed by atoms with E-state index < -0.39 is 11.6 Å². The van der Waals surface area contributed by atoms with Gasteiger partial charge in [0.15, 0.2) is 0 Å². The number of H-pyrrole nitrogens is 1. The lowest BCUT2D eigenvalue weighted by Crippen LogP contribution is -2.28. The SMILES string of the molecule is C/C=c1/nc(-c2c[nH]c3c(F)cc(F)cc23)cc/c1=C(/C)Cl. The highest BCUT2D eigenvalue weighted by Crippen LogP contribution is 2.28. The Labute approximate surface area is 130 Å². The molecule has 0 fully saturated rings. The Bertz CT molecular complexity index is 986. The van der Waals surface area contributed by atoms with Gasteiger partial charge in [-0.3, -0.25) is 0 Å². The first-order chi connectivity index (χ1) is 10.5. The lowest BCUT2D eigenvalue weighted by Gasteiger charge is -2.01. The van der Waals surface area contributed by atoms with Gasteiger partial charge in [-0.05, 0) is 32.0 Å². The molecule has 3 rings (SSSR count). The molecule has 0 aliphatic carbocycles. The van der Waals surface area contributed by atoms with Crippen molar-refractivity contribution in [1.82, 2.24) is 9.97 Å². The molecule has 2 nitrogen and oxygen atoms in total. The lowest BCUT2D eigenvalue weighted by atomic mass is 10.1. The van der Waals surface area contributed by atoms with Crippen LogP contribution in [-0.4, -0.2) is 9.97 Å². The summed E-state index contributed by atoms with van der Waals surface area (Å²) in [5.41, 5.74) is 1.55. The summed E-state index contributed by atoms with van der Waals surface area (Å²) in [6.07, 6.45) is 3.48. The molecule has 0 spiro atoms. The van der Waals surface area contributed by atoms with Crippen molar-refractivity contribution >= 4 is 33.6 Å². The Morgan fingerprint density at radius 1 is 1.27 bits per heavy atom. The number of nitrogens with zero attached hydrogens (tertiary/aromatic N) is 1. The minimum absolute atomic E-state index is 0.268. The van der Waals surface area contributed by atoms with E-state index in [4.69, 9.17) is 11.6 Å². The highest BCUT2D eigenvalue weighted by Gasteiger charge is 2.12. The Morgan fingerprint density at radius 2 is 2.05 bits per heavy atom. The van der Waals surface area contributed by atoms with Crippen molar-refractivity contribution in [2.45, 2.75) is 13.8 Å². The van der Waals surface area contributed by atoms with Crippen molar-refractivity contribution in [3.8, 4) is 11.3 Å². The molecule has 0 aliphatic heterocycles. The molecule has 22 heavy (non-hydrogen) atoms. The first kappa shape index (κ1) is 14.7. The molecular weight excluding hydrogens is 306 g/mol. The molecule has 0 amide bonds. The van der Waals surface area contributed by atoms with E-state index in [9.17, 15) is 8.78 Å². The summed E-state index contributed by atoms with van der Waals surface area (Å²) in [6.45, 7) is 3.66. The fourth-order valence-corrected chi connectivity index (χ4v) is 2.66. The maximum Gasteiger partial charge on any atom is 0.150 e. The summed E-state index contributed by atoms with van der Waals surface area (Å²) in [5.74, 6) is -1.24. The van der Waals surface area contributed by atoms with E-state index in [0.29, 0.717) is 21.7 Å². The van der Waals surface area contributed by atoms with Crippen molar-refractivity contribution in [2.24, 2.45) is 0 Å². The summed E-state index contributed by atoms with van der Waals surface area (Å²) >= 11 is 6.05. The standard InChI is InChI=1S/C17H13ClF2N2/c1-3-15-11(9(2)18)4-5-16(22-15)13-8-21-17-12(13)6-10(19)7-14(17)20/h3-8,21H,1-2H3/b11-9+,15-3+. The number of aromatic nitrogens is 2. The first-order valence-corrected chi connectivity index (χ1v) is 7.15. The van der Waals surface area contributed by atoms with E-state index in [-0.39, 0.29) is 5.52 Å². The zero-order valence-electron chi connectivity index (χ0n) is 12.0. The number of benzene rings is 1. The van der Waals surface area contributed by atoms with Crippen molar-refractivity contribution in [3.63, 3.8) is 0 Å². The third-order valence-corrected chi connectivity index (χ3v) is 3.75. The second kappa shape index (κ2) is 5.54. The van der Waals surface area contributed by atoms with Gasteiger partial charge in [0.05, 0.1) is 16.6 Å². The maximum atomic E-state index is 13.8. The third kappa shape index (κ3) is 2.40. The Hall–Kier alpha value is -2.20. The molecule has 0 atom stereocenters. The monoisotopic (exact) mass is 318 g/mol. The average Bonchev–Trinajstić information content (AvgIpc) is 2.90. The second-order valence-corrected chi connectivity index (χ2v) is 5.53. The fraction of sp³-hybridized carbons (Fsp3) is 0.118. The molecule has 1 aromatic carbocycles. The summed E-state index contributed by atoms with van der Waals surface area (Å²) in [4.78, 5) is 7.37. The van der Waals surface area contributed by atoms with Gasteiger partial charge in [-0.2, -0.15) is 0 Å². The van der Waals surface area contributed by atoms with E-state index in [1.165, 1.54) is 6.07 Å². The molecule has 0 aliphatic rings. The summed E-state index contributed by atoms with van der Waals surface area (Å²) in [5, 5.41) is 2.68. The van der Waals surface area contributed by atoms with Gasteiger partial charge in [-0.25, -0.2) is 13.8 Å². The van der Waals surface area contributed by atoms with Gasteiger partial charge in [-0.1, -0.05) is 17.7 Å². The normalized spacial score (nSPS) is 13.8. The predicted octanol–water partition coefficient (Wildman–Crippen LogP) is 3.68. The van der Waals surface area contributed by atoms with Crippen molar-refractivity contribution < 1.29 is 8.78 Å². The number of rotatable bonds is 1. The van der Waals surface area contributed by atoms with Crippen LogP contribution in [0.3, 0.4) is 0 Å². The Kier molecular flexibility index (Phi) is 3.71. The number of aromatic amines is 1. The van der Waals surface area contributed by atoms with E-state index >= 15 is 0 Å². The second-order valence-electron chi connectivity index (χ2n) is 4.96. The van der Waals surface area contributed by atoms with Crippen LogP contribution in [0.4, 0.5) is 8.78 Å². The number of halogens is 3. The zero-order valence-corrected chi connectivity index (χ0v) is 12.8. The van der Waals surface area contributed by atoms with Crippen molar-refractivity contribution in [3.05, 3.63) is 52.7 Å². The quantitative estimate of drug-likeness (QED) is 0.728. The largest absolute Gasteiger partial charge is 0.358 e. The van der Waals surface area contributed by atoms with Crippen molar-refractivity contribution in [2.75, 3.05) is 0 Å². The van der Waals surface area contributed by atoms with E-state index in [2.05, 4.69) is 9.97 Å². The molecule has 0 bridgehead atoms. The van der Waals surface area contributed by atoms with Gasteiger partial charge in [0.2, 0.25) is 0 Å². The molecule has 2 heterocycles. The molecule has 0 radical (unpaired) electrons. The molecule has 0 unspecified atom stereocenters. The number of pyridine rings is 1. The number of nitrogens with one attached hydrogen (secondary N) is 1. The molecular formula is C17H13ClF2N2. The van der Waals surface area contributed by atoms with Crippen LogP contribution in [-0.2, 0) is 0 Å². The Balaban J connectivity index is 2.32. The van der Waals surface area contributed by atoms with E-state index in [1.807, 2.05) is 19.1 Å². The molecule has 1 N–H and O–H groups in total. The molecule has 0 saturated carbocycles. The predicted molar refractivity (Wildman–Crippen MR) is 85.8 cm³/mol. The van der Waals surface area contributed by atoms with Crippen LogP contribution >= 0.6 is 11.6 Å². The highest BCUT2D eigenvalue weighted by molar-refractivity contribution is 6.44. The van der Waals surface area contributed by atoms with Gasteiger partial charge in [0.25, 0.3) is 0 Å². The molecule has 5 heteroatoms. The number of fused-ring (bicyclic) bond motifs is 1. The summed E-state index contributed by atoms with van der Waals surface area (Å²) < 4.78 is 27.3. The average molecular weight is 319 g/mol. The van der Waals surface area contributed by atoms with E-state index in [0.717, 1.165) is 16.6 Å². The van der Waals surface area contributed by atoms with E-state index in [1.54, 1.807) is 19.2 Å². The number of hydrogen-bond acceptors (Lipinski definition) is 1. The van der Waals surface area contributed by atoms with Gasteiger partial charge < -0.3 is 4.98 Å². The minimum Gasteiger partial charge on any atom is -0.358 e. The smallest absolute Gasteiger partial charge is 0.150 e. The molecule has 112 valence electrons. The zero-order chi connectivity index (χ0) is 15.9. The lowest BCUT2D eigenvalue weighted by molar-refractivity contribution is 0.591. The Morgan fingerprint density at radius 3 is 2.73 bits per heavy atom. The first-order valence-electron chi connectivity index (χ1n) is 6.77. The molecule has 3 aromatic rings. The minimum atomic E-state index is -0.620. The highest BCUT2D eigenvalue weighted by atomic mass is 35.5. The number of hydrogen-bond donors (Lipinski definition) is 1. The van der Waals surface area contributed by atoms with Crippen LogP contribution in [0, 0.1) is 11.6 Å². The van der Waals surface area contributed by atoms with Gasteiger partial charge in [-0.15, -0.1) is 0 Å². The topological polar surface area (TPSA) is 28.7 Å². The molecule has 0 saturated heterocycles. The fourth-order valence-electron chi connectivity index (χ4n) is 2.50. The van der Waals surface area contributed by atoms with Crippen LogP contribution < -0.4 is 10.6 Å². The van der Waals surface area contributed by atoms with Crippen molar-refractivity contribution in [1.29, 1.82) is 0 Å².